The highest BCUT2D eigenvalue weighted by Crippen LogP contribution is 2.18. The molecule has 0 radical (unpaired) electrons. The minimum atomic E-state index is 0.948. The molecule has 3 heterocycles. The van der Waals surface area contributed by atoms with Gasteiger partial charge in [0.05, 0.1) is 11.7 Å². The summed E-state index contributed by atoms with van der Waals surface area (Å²) in [5.41, 5.74) is 3.68. The second-order valence-electron chi connectivity index (χ2n) is 8.25. The first-order valence-electron chi connectivity index (χ1n) is 11.1. The molecule has 1 fully saturated rings. The number of hydrogen-bond acceptors (Lipinski definition) is 5. The van der Waals surface area contributed by atoms with E-state index in [2.05, 4.69) is 78.3 Å². The molecule has 0 amide bonds. The highest BCUT2D eigenvalue weighted by atomic mass is 15.3. The summed E-state index contributed by atoms with van der Waals surface area (Å²) in [4.78, 5) is 5.19. The first-order chi connectivity index (χ1) is 15.3. The third kappa shape index (κ3) is 4.84. The molecule has 0 N–H and O–H groups in total. The molecule has 0 unspecified atom stereocenters. The van der Waals surface area contributed by atoms with Gasteiger partial charge in [-0.3, -0.25) is 9.25 Å². The van der Waals surface area contributed by atoms with Crippen molar-refractivity contribution in [2.45, 2.75) is 19.4 Å². The Hall–Kier alpha value is -3.03. The lowest BCUT2D eigenvalue weighted by atomic mass is 10.1. The quantitative estimate of drug-likeness (QED) is 0.443. The lowest BCUT2D eigenvalue weighted by molar-refractivity contribution is 0.131. The van der Waals surface area contributed by atoms with Crippen molar-refractivity contribution in [3.05, 3.63) is 72.9 Å². The van der Waals surface area contributed by atoms with Crippen LogP contribution in [0.5, 0.6) is 0 Å². The average molecular weight is 416 g/mol. The first kappa shape index (κ1) is 19.9. The third-order valence-electron chi connectivity index (χ3n) is 6.21. The molecular weight excluding hydrogens is 386 g/mol. The van der Waals surface area contributed by atoms with Crippen molar-refractivity contribution in [2.75, 3.05) is 39.3 Å². The maximum Gasteiger partial charge on any atom is 0.123 e. The molecule has 1 aliphatic rings. The molecule has 0 saturated carbocycles. The summed E-state index contributed by atoms with van der Waals surface area (Å²) >= 11 is 0. The number of rotatable bonds is 8. The van der Waals surface area contributed by atoms with Gasteiger partial charge in [-0.25, -0.2) is 0 Å². The number of nitrogens with zero attached hydrogens (tertiary/aromatic N) is 7. The Bertz CT molecular complexity index is 1080. The van der Waals surface area contributed by atoms with E-state index >= 15 is 0 Å². The number of aromatic nitrogens is 5. The van der Waals surface area contributed by atoms with Gasteiger partial charge in [0.25, 0.3) is 0 Å². The Kier molecular flexibility index (Phi) is 6.04. The zero-order valence-corrected chi connectivity index (χ0v) is 17.8. The molecular formula is C24H29N7. The van der Waals surface area contributed by atoms with Crippen LogP contribution in [-0.4, -0.2) is 73.6 Å². The van der Waals surface area contributed by atoms with E-state index in [1.807, 2.05) is 10.8 Å². The van der Waals surface area contributed by atoms with Crippen LogP contribution in [0.4, 0.5) is 0 Å². The van der Waals surface area contributed by atoms with Gasteiger partial charge in [-0.2, -0.15) is 5.10 Å². The van der Waals surface area contributed by atoms with Crippen molar-refractivity contribution in [1.82, 2.24) is 34.3 Å². The summed E-state index contributed by atoms with van der Waals surface area (Å²) in [5, 5.41) is 13.5. The summed E-state index contributed by atoms with van der Waals surface area (Å²) in [6.07, 6.45) is 7.65. The molecule has 160 valence electrons. The van der Waals surface area contributed by atoms with Gasteiger partial charge in [0.2, 0.25) is 0 Å². The van der Waals surface area contributed by atoms with E-state index in [1.54, 1.807) is 12.7 Å². The van der Waals surface area contributed by atoms with E-state index in [1.165, 1.54) is 24.2 Å². The van der Waals surface area contributed by atoms with Gasteiger partial charge in [-0.05, 0) is 43.1 Å². The summed E-state index contributed by atoms with van der Waals surface area (Å²) in [7, 11) is 0. The fourth-order valence-electron chi connectivity index (χ4n) is 4.36. The van der Waals surface area contributed by atoms with Crippen molar-refractivity contribution in [3.8, 4) is 5.69 Å². The molecule has 7 nitrogen and oxygen atoms in total. The highest BCUT2D eigenvalue weighted by Gasteiger charge is 2.16. The number of hydrogen-bond donors (Lipinski definition) is 0. The van der Waals surface area contributed by atoms with Gasteiger partial charge in [0.1, 0.15) is 12.7 Å². The molecule has 2 aromatic carbocycles. The maximum atomic E-state index is 4.62. The number of piperazine rings is 1. The molecule has 1 aliphatic heterocycles. The molecule has 7 heteroatoms. The standard InChI is InChI=1S/C24H29N7/c1-2-5-21(6-3-1)9-12-29-15-13-28(14-16-29)10-4-11-31-24-8-7-23(17-22(24)18-27-31)30-19-25-26-20-30/h1-3,5-8,17-20H,4,9-16H2. The van der Waals surface area contributed by atoms with Gasteiger partial charge in [-0.1, -0.05) is 30.3 Å². The summed E-state index contributed by atoms with van der Waals surface area (Å²) < 4.78 is 4.04. The summed E-state index contributed by atoms with van der Waals surface area (Å²) in [5.74, 6) is 0. The molecule has 5 rings (SSSR count). The fourth-order valence-corrected chi connectivity index (χ4v) is 4.36. The first-order valence-corrected chi connectivity index (χ1v) is 11.1. The zero-order chi connectivity index (χ0) is 20.9. The van der Waals surface area contributed by atoms with Crippen molar-refractivity contribution < 1.29 is 0 Å². The largest absolute Gasteiger partial charge is 0.301 e. The van der Waals surface area contributed by atoms with E-state index in [9.17, 15) is 0 Å². The lowest BCUT2D eigenvalue weighted by Gasteiger charge is -2.34. The predicted octanol–water partition coefficient (Wildman–Crippen LogP) is 2.87. The van der Waals surface area contributed by atoms with Gasteiger partial charge < -0.3 is 9.80 Å². The third-order valence-corrected chi connectivity index (χ3v) is 6.21. The number of aryl methyl sites for hydroxylation is 1. The fraction of sp³-hybridized carbons (Fsp3) is 0.375. The topological polar surface area (TPSA) is 55.0 Å². The summed E-state index contributed by atoms with van der Waals surface area (Å²) in [6, 6.07) is 17.2. The van der Waals surface area contributed by atoms with Crippen LogP contribution >= 0.6 is 0 Å². The Labute approximate surface area is 182 Å². The van der Waals surface area contributed by atoms with E-state index in [0.717, 1.165) is 56.6 Å². The predicted molar refractivity (Wildman–Crippen MR) is 122 cm³/mol. The zero-order valence-electron chi connectivity index (χ0n) is 17.8. The highest BCUT2D eigenvalue weighted by molar-refractivity contribution is 5.80. The molecule has 31 heavy (non-hydrogen) atoms. The van der Waals surface area contributed by atoms with Crippen LogP contribution in [0.25, 0.3) is 16.6 Å². The van der Waals surface area contributed by atoms with E-state index < -0.39 is 0 Å². The van der Waals surface area contributed by atoms with Crippen LogP contribution in [0.1, 0.15) is 12.0 Å². The molecule has 2 aromatic heterocycles. The second kappa shape index (κ2) is 9.41. The van der Waals surface area contributed by atoms with Crippen LogP contribution in [0, 0.1) is 0 Å². The SMILES string of the molecule is c1ccc(CCN2CCN(CCCn3ncc4cc(-n5cnnc5)ccc43)CC2)cc1. The molecule has 1 saturated heterocycles. The Morgan fingerprint density at radius 1 is 0.774 bits per heavy atom. The Morgan fingerprint density at radius 3 is 2.29 bits per heavy atom. The van der Waals surface area contributed by atoms with Crippen LogP contribution in [0.15, 0.2) is 67.4 Å². The minimum Gasteiger partial charge on any atom is -0.301 e. The van der Waals surface area contributed by atoms with Crippen LogP contribution in [0.2, 0.25) is 0 Å². The van der Waals surface area contributed by atoms with E-state index in [0.29, 0.717) is 0 Å². The van der Waals surface area contributed by atoms with Gasteiger partial charge in [0, 0.05) is 50.3 Å². The molecule has 4 aromatic rings. The summed E-state index contributed by atoms with van der Waals surface area (Å²) in [6.45, 7) is 7.91. The van der Waals surface area contributed by atoms with Gasteiger partial charge in [-0.15, -0.1) is 10.2 Å². The van der Waals surface area contributed by atoms with Crippen LogP contribution in [-0.2, 0) is 13.0 Å². The minimum absolute atomic E-state index is 0.948. The number of fused-ring (bicyclic) bond motifs is 1. The average Bonchev–Trinajstić information content (AvgIpc) is 3.49. The normalized spacial score (nSPS) is 15.6. The molecule has 0 bridgehead atoms. The van der Waals surface area contributed by atoms with Crippen molar-refractivity contribution in [1.29, 1.82) is 0 Å². The lowest BCUT2D eigenvalue weighted by Crippen LogP contribution is -2.47. The van der Waals surface area contributed by atoms with Crippen molar-refractivity contribution >= 4 is 10.9 Å². The van der Waals surface area contributed by atoms with E-state index in [4.69, 9.17) is 0 Å². The smallest absolute Gasteiger partial charge is 0.123 e. The Morgan fingerprint density at radius 2 is 1.52 bits per heavy atom. The van der Waals surface area contributed by atoms with Gasteiger partial charge in [0.15, 0.2) is 0 Å². The molecule has 0 spiro atoms. The molecule has 0 atom stereocenters. The van der Waals surface area contributed by atoms with Crippen LogP contribution in [0.3, 0.4) is 0 Å². The van der Waals surface area contributed by atoms with E-state index in [-0.39, 0.29) is 0 Å². The van der Waals surface area contributed by atoms with Gasteiger partial charge >= 0.3 is 0 Å². The van der Waals surface area contributed by atoms with Crippen molar-refractivity contribution in [2.24, 2.45) is 0 Å². The molecule has 0 aliphatic carbocycles. The van der Waals surface area contributed by atoms with Crippen molar-refractivity contribution in [3.63, 3.8) is 0 Å². The second-order valence-corrected chi connectivity index (χ2v) is 8.25. The monoisotopic (exact) mass is 415 g/mol. The number of benzene rings is 2. The van der Waals surface area contributed by atoms with Crippen LogP contribution < -0.4 is 0 Å². The Balaban J connectivity index is 1.07. The maximum absolute atomic E-state index is 4.62.